The Hall–Kier alpha value is -1.67. The van der Waals surface area contributed by atoms with Crippen molar-refractivity contribution in [2.24, 2.45) is 0 Å². The first-order valence-corrected chi connectivity index (χ1v) is 6.59. The van der Waals surface area contributed by atoms with E-state index in [-0.39, 0.29) is 11.4 Å². The van der Waals surface area contributed by atoms with Gasteiger partial charge >= 0.3 is 0 Å². The zero-order chi connectivity index (χ0) is 13.8. The van der Waals surface area contributed by atoms with E-state index < -0.39 is 20.7 Å². The maximum absolute atomic E-state index is 11.8. The van der Waals surface area contributed by atoms with Crippen LogP contribution < -0.4 is 4.72 Å². The van der Waals surface area contributed by atoms with Crippen LogP contribution in [-0.4, -0.2) is 25.7 Å². The van der Waals surface area contributed by atoms with Crippen LogP contribution in [0.1, 0.15) is 13.8 Å². The predicted molar refractivity (Wildman–Crippen MR) is 63.8 cm³/mol. The van der Waals surface area contributed by atoms with Gasteiger partial charge in [0, 0.05) is 6.54 Å². The second-order valence-electron chi connectivity index (χ2n) is 4.21. The van der Waals surface area contributed by atoms with Crippen molar-refractivity contribution in [3.63, 3.8) is 0 Å². The van der Waals surface area contributed by atoms with Gasteiger partial charge < -0.3 is 4.84 Å². The van der Waals surface area contributed by atoms with E-state index in [1.807, 2.05) is 0 Å². The summed E-state index contributed by atoms with van der Waals surface area (Å²) in [6.07, 6.45) is 0. The summed E-state index contributed by atoms with van der Waals surface area (Å²) in [5.74, 6) is 0. The van der Waals surface area contributed by atoms with E-state index >= 15 is 0 Å². The molecule has 1 aromatic rings. The lowest BCUT2D eigenvalue weighted by Crippen LogP contribution is -2.41. The van der Waals surface area contributed by atoms with Gasteiger partial charge in [0.15, 0.2) is 0 Å². The summed E-state index contributed by atoms with van der Waals surface area (Å²) in [4.78, 5) is 14.7. The van der Waals surface area contributed by atoms with Crippen molar-refractivity contribution < 1.29 is 18.3 Å². The average molecular weight is 274 g/mol. The maximum Gasteiger partial charge on any atom is 0.295 e. The molecule has 0 radical (unpaired) electrons. The Morgan fingerprint density at radius 2 is 1.89 bits per heavy atom. The summed E-state index contributed by atoms with van der Waals surface area (Å²) < 4.78 is 25.9. The van der Waals surface area contributed by atoms with Crippen LogP contribution in [0.3, 0.4) is 0 Å². The van der Waals surface area contributed by atoms with Crippen molar-refractivity contribution in [2.75, 3.05) is 6.54 Å². The minimum Gasteiger partial charge on any atom is -0.306 e. The minimum atomic E-state index is -3.68. The fraction of sp³-hybridized carbons (Fsp3) is 0.400. The molecule has 18 heavy (non-hydrogen) atoms. The van der Waals surface area contributed by atoms with Crippen LogP contribution in [0.5, 0.6) is 0 Å². The quantitative estimate of drug-likeness (QED) is 0.615. The van der Waals surface area contributed by atoms with Gasteiger partial charge in [0.05, 0.1) is 4.90 Å². The molecule has 0 saturated carbocycles. The van der Waals surface area contributed by atoms with E-state index in [2.05, 4.69) is 9.56 Å². The normalized spacial score (nSPS) is 12.1. The average Bonchev–Trinajstić information content (AvgIpc) is 2.26. The van der Waals surface area contributed by atoms with Crippen molar-refractivity contribution >= 4 is 10.0 Å². The van der Waals surface area contributed by atoms with E-state index in [0.717, 1.165) is 0 Å². The number of nitrogens with zero attached hydrogens (tertiary/aromatic N) is 1. The molecule has 8 heteroatoms. The van der Waals surface area contributed by atoms with Crippen LogP contribution in [0.15, 0.2) is 35.2 Å². The van der Waals surface area contributed by atoms with Crippen LogP contribution in [0.4, 0.5) is 0 Å². The monoisotopic (exact) mass is 274 g/mol. The summed E-state index contributed by atoms with van der Waals surface area (Å²) in [6, 6.07) is 7.74. The Labute approximate surface area is 105 Å². The Morgan fingerprint density at radius 1 is 1.33 bits per heavy atom. The second kappa shape index (κ2) is 5.32. The number of sulfonamides is 1. The van der Waals surface area contributed by atoms with Gasteiger partial charge in [0.2, 0.25) is 10.0 Å². The molecular formula is C10H14N2O5S. The van der Waals surface area contributed by atoms with E-state index in [9.17, 15) is 18.5 Å². The lowest BCUT2D eigenvalue weighted by Gasteiger charge is -2.22. The molecule has 1 rings (SSSR count). The zero-order valence-corrected chi connectivity index (χ0v) is 10.8. The SMILES string of the molecule is CC(C)(CNS(=O)(=O)c1ccccc1)O[N+](=O)[O-]. The summed E-state index contributed by atoms with van der Waals surface area (Å²) in [6.45, 7) is 2.64. The predicted octanol–water partition coefficient (Wildman–Crippen LogP) is 0.952. The summed E-state index contributed by atoms with van der Waals surface area (Å²) >= 11 is 0. The van der Waals surface area contributed by atoms with Crippen molar-refractivity contribution in [3.05, 3.63) is 40.4 Å². The van der Waals surface area contributed by atoms with Crippen LogP contribution in [0.2, 0.25) is 0 Å². The third-order valence-corrected chi connectivity index (χ3v) is 3.48. The van der Waals surface area contributed by atoms with E-state index in [1.54, 1.807) is 18.2 Å². The topological polar surface area (TPSA) is 98.5 Å². The van der Waals surface area contributed by atoms with Gasteiger partial charge in [-0.25, -0.2) is 13.1 Å². The van der Waals surface area contributed by atoms with E-state index in [1.165, 1.54) is 26.0 Å². The molecule has 1 N–H and O–H groups in total. The lowest BCUT2D eigenvalue weighted by atomic mass is 10.1. The minimum absolute atomic E-state index is 0.0990. The first-order chi connectivity index (χ1) is 8.23. The Bertz CT molecular complexity index is 512. The zero-order valence-electron chi connectivity index (χ0n) is 9.99. The van der Waals surface area contributed by atoms with E-state index in [4.69, 9.17) is 0 Å². The van der Waals surface area contributed by atoms with Gasteiger partial charge in [-0.05, 0) is 26.0 Å². The van der Waals surface area contributed by atoms with Crippen molar-refractivity contribution in [3.8, 4) is 0 Å². The van der Waals surface area contributed by atoms with Crippen molar-refractivity contribution in [1.82, 2.24) is 4.72 Å². The summed E-state index contributed by atoms with van der Waals surface area (Å²) in [5.41, 5.74) is -1.23. The van der Waals surface area contributed by atoms with Crippen LogP contribution >= 0.6 is 0 Å². The first-order valence-electron chi connectivity index (χ1n) is 5.11. The van der Waals surface area contributed by atoms with Crippen LogP contribution in [-0.2, 0) is 14.9 Å². The largest absolute Gasteiger partial charge is 0.306 e. The highest BCUT2D eigenvalue weighted by molar-refractivity contribution is 7.89. The molecule has 0 bridgehead atoms. The van der Waals surface area contributed by atoms with Crippen LogP contribution in [0, 0.1) is 10.1 Å². The second-order valence-corrected chi connectivity index (χ2v) is 5.98. The first kappa shape index (κ1) is 14.4. The Balaban J connectivity index is 2.71. The summed E-state index contributed by atoms with van der Waals surface area (Å²) in [5, 5.41) is 9.27. The number of hydrogen-bond donors (Lipinski definition) is 1. The van der Waals surface area contributed by atoms with Crippen molar-refractivity contribution in [2.45, 2.75) is 24.3 Å². The third kappa shape index (κ3) is 4.30. The van der Waals surface area contributed by atoms with Crippen LogP contribution in [0.25, 0.3) is 0 Å². The summed E-state index contributed by atoms with van der Waals surface area (Å²) in [7, 11) is -3.68. The molecule has 1 aromatic carbocycles. The highest BCUT2D eigenvalue weighted by atomic mass is 32.2. The standard InChI is InChI=1S/C10H14N2O5S/c1-10(2,17-12(13)14)8-11-18(15,16)9-6-4-3-5-7-9/h3-7,11H,8H2,1-2H3. The maximum atomic E-state index is 11.8. The molecule has 0 aliphatic heterocycles. The van der Waals surface area contributed by atoms with E-state index in [0.29, 0.717) is 0 Å². The molecule has 0 spiro atoms. The third-order valence-electron chi connectivity index (χ3n) is 2.06. The molecule has 0 amide bonds. The van der Waals surface area contributed by atoms with Gasteiger partial charge in [-0.3, -0.25) is 0 Å². The fourth-order valence-corrected chi connectivity index (χ4v) is 2.41. The molecule has 100 valence electrons. The molecular weight excluding hydrogens is 260 g/mol. The Morgan fingerprint density at radius 3 is 2.39 bits per heavy atom. The molecule has 0 saturated heterocycles. The highest BCUT2D eigenvalue weighted by Crippen LogP contribution is 2.11. The highest BCUT2D eigenvalue weighted by Gasteiger charge is 2.25. The van der Waals surface area contributed by atoms with Gasteiger partial charge in [0.1, 0.15) is 5.60 Å². The van der Waals surface area contributed by atoms with Crippen molar-refractivity contribution in [1.29, 1.82) is 0 Å². The smallest absolute Gasteiger partial charge is 0.295 e. The molecule has 0 fully saturated rings. The molecule has 0 unspecified atom stereocenters. The molecule has 0 heterocycles. The number of nitrogens with one attached hydrogen (secondary N) is 1. The fourth-order valence-electron chi connectivity index (χ4n) is 1.19. The van der Waals surface area contributed by atoms with Gasteiger partial charge in [-0.15, -0.1) is 10.1 Å². The number of hydrogen-bond acceptors (Lipinski definition) is 5. The number of rotatable bonds is 6. The molecule has 0 aliphatic rings. The number of benzene rings is 1. The van der Waals surface area contributed by atoms with Gasteiger partial charge in [0.25, 0.3) is 5.09 Å². The van der Waals surface area contributed by atoms with Gasteiger partial charge in [-0.1, -0.05) is 18.2 Å². The lowest BCUT2D eigenvalue weighted by molar-refractivity contribution is -0.778. The molecule has 0 aromatic heterocycles. The van der Waals surface area contributed by atoms with Gasteiger partial charge in [-0.2, -0.15) is 0 Å². The molecule has 0 atom stereocenters. The Kier molecular flexibility index (Phi) is 4.25. The molecule has 0 aliphatic carbocycles. The molecule has 7 nitrogen and oxygen atoms in total.